The summed E-state index contributed by atoms with van der Waals surface area (Å²) in [5, 5.41) is 12.1. The number of carboxylic acids is 1. The molecule has 2 amide bonds. The number of piperidine rings is 2. The van der Waals surface area contributed by atoms with E-state index in [9.17, 15) is 14.7 Å². The van der Waals surface area contributed by atoms with E-state index in [0.717, 1.165) is 25.9 Å². The lowest BCUT2D eigenvalue weighted by atomic mass is 10.0. The fourth-order valence-electron chi connectivity index (χ4n) is 3.26. The summed E-state index contributed by atoms with van der Waals surface area (Å²) in [5.41, 5.74) is 0. The summed E-state index contributed by atoms with van der Waals surface area (Å²) in [6.07, 6.45) is 6.08. The molecule has 2 saturated heterocycles. The van der Waals surface area contributed by atoms with Crippen LogP contribution in [-0.4, -0.2) is 65.2 Å². The van der Waals surface area contributed by atoms with E-state index in [1.54, 1.807) is 0 Å². The second-order valence-corrected chi connectivity index (χ2v) is 6.17. The van der Waals surface area contributed by atoms with Crippen LogP contribution >= 0.6 is 0 Å². The minimum absolute atomic E-state index is 0.231. The normalized spacial score (nSPS) is 25.4. The highest BCUT2D eigenvalue weighted by atomic mass is 16.4. The van der Waals surface area contributed by atoms with Crippen LogP contribution in [0.2, 0.25) is 0 Å². The Hall–Kier alpha value is -1.30. The Morgan fingerprint density at radius 1 is 1.14 bits per heavy atom. The first-order chi connectivity index (χ1) is 10.1. The van der Waals surface area contributed by atoms with Crippen LogP contribution in [0.15, 0.2) is 0 Å². The molecule has 0 spiro atoms. The van der Waals surface area contributed by atoms with Gasteiger partial charge in [-0.15, -0.1) is 0 Å². The molecule has 2 heterocycles. The van der Waals surface area contributed by atoms with Gasteiger partial charge < -0.3 is 15.3 Å². The molecule has 0 aliphatic carbocycles. The van der Waals surface area contributed by atoms with Gasteiger partial charge in [-0.3, -0.25) is 4.90 Å². The van der Waals surface area contributed by atoms with Gasteiger partial charge in [-0.2, -0.15) is 0 Å². The van der Waals surface area contributed by atoms with Crippen molar-refractivity contribution in [2.75, 3.05) is 26.2 Å². The first-order valence-electron chi connectivity index (χ1n) is 8.11. The van der Waals surface area contributed by atoms with Gasteiger partial charge in [0.1, 0.15) is 6.04 Å². The summed E-state index contributed by atoms with van der Waals surface area (Å²) in [6, 6.07) is -0.586. The molecule has 2 aliphatic rings. The second-order valence-electron chi connectivity index (χ2n) is 6.17. The molecule has 120 valence electrons. The van der Waals surface area contributed by atoms with Crippen molar-refractivity contribution in [3.8, 4) is 0 Å². The van der Waals surface area contributed by atoms with E-state index in [4.69, 9.17) is 0 Å². The summed E-state index contributed by atoms with van der Waals surface area (Å²) in [5.74, 6) is -0.895. The Labute approximate surface area is 126 Å². The standard InChI is InChI=1S/C15H27N3O3/c1-12(17-8-4-2-5-9-17)11-16-15(21)18-10-6-3-7-13(18)14(19)20/h12-13H,2-11H2,1H3,(H,16,21)(H,19,20). The van der Waals surface area contributed by atoms with Crippen LogP contribution < -0.4 is 5.32 Å². The Balaban J connectivity index is 1.81. The molecule has 6 nitrogen and oxygen atoms in total. The van der Waals surface area contributed by atoms with Crippen molar-refractivity contribution in [1.82, 2.24) is 15.1 Å². The van der Waals surface area contributed by atoms with Crippen LogP contribution in [0.1, 0.15) is 45.4 Å². The first-order valence-corrected chi connectivity index (χ1v) is 8.11. The van der Waals surface area contributed by atoms with Gasteiger partial charge in [0.25, 0.3) is 0 Å². The largest absolute Gasteiger partial charge is 0.480 e. The van der Waals surface area contributed by atoms with Crippen LogP contribution in [0.3, 0.4) is 0 Å². The van der Waals surface area contributed by atoms with E-state index in [0.29, 0.717) is 25.6 Å². The molecular formula is C15H27N3O3. The third-order valence-corrected chi connectivity index (χ3v) is 4.61. The molecule has 0 aromatic carbocycles. The molecule has 0 aromatic heterocycles. The Kier molecular flexibility index (Phi) is 5.85. The maximum absolute atomic E-state index is 12.2. The average molecular weight is 297 g/mol. The van der Waals surface area contributed by atoms with Crippen LogP contribution in [0.4, 0.5) is 4.79 Å². The van der Waals surface area contributed by atoms with E-state index >= 15 is 0 Å². The number of hydrogen-bond donors (Lipinski definition) is 2. The van der Waals surface area contributed by atoms with Gasteiger partial charge >= 0.3 is 12.0 Å². The van der Waals surface area contributed by atoms with Crippen molar-refractivity contribution < 1.29 is 14.7 Å². The van der Waals surface area contributed by atoms with Gasteiger partial charge in [-0.25, -0.2) is 9.59 Å². The number of hydrogen-bond acceptors (Lipinski definition) is 3. The van der Waals surface area contributed by atoms with Crippen LogP contribution in [0.25, 0.3) is 0 Å². The van der Waals surface area contributed by atoms with E-state index in [2.05, 4.69) is 17.1 Å². The highest BCUT2D eigenvalue weighted by Gasteiger charge is 2.32. The molecule has 0 aromatic rings. The average Bonchev–Trinajstić information content (AvgIpc) is 2.53. The maximum Gasteiger partial charge on any atom is 0.326 e. The Morgan fingerprint density at radius 3 is 2.48 bits per heavy atom. The summed E-state index contributed by atoms with van der Waals surface area (Å²) in [6.45, 7) is 5.44. The third kappa shape index (κ3) is 4.33. The molecule has 2 N–H and O–H groups in total. The van der Waals surface area contributed by atoms with Crippen molar-refractivity contribution in [1.29, 1.82) is 0 Å². The molecule has 2 fully saturated rings. The Bertz CT molecular complexity index is 369. The van der Waals surface area contributed by atoms with Crippen molar-refractivity contribution in [2.24, 2.45) is 0 Å². The van der Waals surface area contributed by atoms with E-state index in [-0.39, 0.29) is 6.03 Å². The highest BCUT2D eigenvalue weighted by molar-refractivity contribution is 5.82. The number of aliphatic carboxylic acids is 1. The van der Waals surface area contributed by atoms with Crippen LogP contribution in [0.5, 0.6) is 0 Å². The van der Waals surface area contributed by atoms with E-state index < -0.39 is 12.0 Å². The lowest BCUT2D eigenvalue weighted by Gasteiger charge is -2.35. The molecule has 0 bridgehead atoms. The number of likely N-dealkylation sites (tertiary alicyclic amines) is 2. The predicted molar refractivity (Wildman–Crippen MR) is 80.3 cm³/mol. The zero-order valence-corrected chi connectivity index (χ0v) is 12.9. The molecule has 21 heavy (non-hydrogen) atoms. The minimum Gasteiger partial charge on any atom is -0.480 e. The molecule has 0 radical (unpaired) electrons. The SMILES string of the molecule is CC(CNC(=O)N1CCCCC1C(=O)O)N1CCCCC1. The fraction of sp³-hybridized carbons (Fsp3) is 0.867. The van der Waals surface area contributed by atoms with Gasteiger partial charge in [0.15, 0.2) is 0 Å². The molecule has 2 atom stereocenters. The number of carbonyl (C=O) groups excluding carboxylic acids is 1. The number of rotatable bonds is 4. The quantitative estimate of drug-likeness (QED) is 0.825. The molecule has 2 rings (SSSR count). The number of carboxylic acid groups (broad SMARTS) is 1. The number of nitrogens with one attached hydrogen (secondary N) is 1. The molecule has 0 saturated carbocycles. The summed E-state index contributed by atoms with van der Waals surface area (Å²) in [7, 11) is 0. The van der Waals surface area contributed by atoms with Gasteiger partial charge in [-0.05, 0) is 52.1 Å². The first kappa shape index (κ1) is 16.1. The van der Waals surface area contributed by atoms with E-state index in [1.165, 1.54) is 24.2 Å². The smallest absolute Gasteiger partial charge is 0.326 e. The summed E-state index contributed by atoms with van der Waals surface area (Å²) < 4.78 is 0. The van der Waals surface area contributed by atoms with Crippen LogP contribution in [0, 0.1) is 0 Å². The second kappa shape index (κ2) is 7.64. The lowest BCUT2D eigenvalue weighted by Crippen LogP contribution is -2.54. The number of nitrogens with zero attached hydrogens (tertiary/aromatic N) is 2. The minimum atomic E-state index is -0.895. The number of carbonyl (C=O) groups is 2. The monoisotopic (exact) mass is 297 g/mol. The van der Waals surface area contributed by atoms with Gasteiger partial charge in [0.2, 0.25) is 0 Å². The lowest BCUT2D eigenvalue weighted by molar-refractivity contribution is -0.143. The Morgan fingerprint density at radius 2 is 1.81 bits per heavy atom. The van der Waals surface area contributed by atoms with Gasteiger partial charge in [-0.1, -0.05) is 6.42 Å². The molecule has 6 heteroatoms. The van der Waals surface area contributed by atoms with Crippen molar-refractivity contribution in [3.05, 3.63) is 0 Å². The zero-order valence-electron chi connectivity index (χ0n) is 12.9. The summed E-state index contributed by atoms with van der Waals surface area (Å²) in [4.78, 5) is 27.3. The predicted octanol–water partition coefficient (Wildman–Crippen LogP) is 1.51. The number of amides is 2. The number of urea groups is 1. The van der Waals surface area contributed by atoms with Crippen molar-refractivity contribution in [2.45, 2.75) is 57.5 Å². The van der Waals surface area contributed by atoms with Gasteiger partial charge in [0, 0.05) is 19.1 Å². The van der Waals surface area contributed by atoms with Crippen molar-refractivity contribution >= 4 is 12.0 Å². The van der Waals surface area contributed by atoms with Crippen LogP contribution in [-0.2, 0) is 4.79 Å². The fourth-order valence-corrected chi connectivity index (χ4v) is 3.26. The van der Waals surface area contributed by atoms with Gasteiger partial charge in [0.05, 0.1) is 0 Å². The third-order valence-electron chi connectivity index (χ3n) is 4.61. The maximum atomic E-state index is 12.2. The highest BCUT2D eigenvalue weighted by Crippen LogP contribution is 2.17. The zero-order chi connectivity index (χ0) is 15.2. The molecular weight excluding hydrogens is 270 g/mol. The van der Waals surface area contributed by atoms with E-state index in [1.807, 2.05) is 0 Å². The molecule has 2 aliphatic heterocycles. The summed E-state index contributed by atoms with van der Waals surface area (Å²) >= 11 is 0. The van der Waals surface area contributed by atoms with Crippen molar-refractivity contribution in [3.63, 3.8) is 0 Å². The molecule has 2 unspecified atom stereocenters. The topological polar surface area (TPSA) is 72.9 Å².